The van der Waals surface area contributed by atoms with E-state index in [0.717, 1.165) is 13.0 Å². The van der Waals surface area contributed by atoms with E-state index in [2.05, 4.69) is 18.4 Å². The first kappa shape index (κ1) is 10.7. The number of aliphatic hydroxyl groups is 1. The smallest absolute Gasteiger partial charge is 0.0434 e. The largest absolute Gasteiger partial charge is 0.396 e. The molecule has 1 aliphatic rings. The third kappa shape index (κ3) is 3.12. The van der Waals surface area contributed by atoms with Crippen molar-refractivity contribution in [3.63, 3.8) is 0 Å². The van der Waals surface area contributed by atoms with Gasteiger partial charge < -0.3 is 5.11 Å². The van der Waals surface area contributed by atoms with Gasteiger partial charge in [-0.2, -0.15) is 0 Å². The average Bonchev–Trinajstić information content (AvgIpc) is 2.18. The molecular formula is C11H21NO. The van der Waals surface area contributed by atoms with Gasteiger partial charge in [0.25, 0.3) is 0 Å². The Balaban J connectivity index is 2.36. The quantitative estimate of drug-likeness (QED) is 0.670. The lowest BCUT2D eigenvalue weighted by Gasteiger charge is -2.35. The summed E-state index contributed by atoms with van der Waals surface area (Å²) in [4.78, 5) is 2.46. The van der Waals surface area contributed by atoms with Crippen molar-refractivity contribution >= 4 is 0 Å². The molecule has 76 valence electrons. The van der Waals surface area contributed by atoms with Crippen LogP contribution in [0.4, 0.5) is 0 Å². The van der Waals surface area contributed by atoms with E-state index in [4.69, 9.17) is 5.11 Å². The van der Waals surface area contributed by atoms with Gasteiger partial charge in [0.15, 0.2) is 0 Å². The van der Waals surface area contributed by atoms with Crippen LogP contribution in [0.3, 0.4) is 0 Å². The molecule has 2 nitrogen and oxygen atoms in total. The van der Waals surface area contributed by atoms with Crippen molar-refractivity contribution < 1.29 is 5.11 Å². The number of aliphatic hydroxyl groups excluding tert-OH is 1. The summed E-state index contributed by atoms with van der Waals surface area (Å²) in [5.41, 5.74) is 0. The molecule has 0 spiro atoms. The van der Waals surface area contributed by atoms with Crippen LogP contribution in [0.2, 0.25) is 0 Å². The summed E-state index contributed by atoms with van der Waals surface area (Å²) in [6.45, 7) is 8.66. The number of likely N-dealkylation sites (tertiary alicyclic amines) is 1. The first-order valence-corrected chi connectivity index (χ1v) is 5.25. The molecule has 2 atom stereocenters. The van der Waals surface area contributed by atoms with Crippen LogP contribution in [0.15, 0.2) is 12.7 Å². The van der Waals surface area contributed by atoms with Crippen LogP contribution >= 0.6 is 0 Å². The lowest BCUT2D eigenvalue weighted by molar-refractivity contribution is 0.131. The Morgan fingerprint density at radius 3 is 3.08 bits per heavy atom. The van der Waals surface area contributed by atoms with Gasteiger partial charge in [-0.25, -0.2) is 0 Å². The average molecular weight is 183 g/mol. The minimum Gasteiger partial charge on any atom is -0.396 e. The topological polar surface area (TPSA) is 23.5 Å². The molecule has 0 aromatic carbocycles. The summed E-state index contributed by atoms with van der Waals surface area (Å²) in [7, 11) is 0. The highest BCUT2D eigenvalue weighted by molar-refractivity contribution is 4.87. The number of piperidine rings is 1. The highest BCUT2D eigenvalue weighted by Crippen LogP contribution is 2.20. The van der Waals surface area contributed by atoms with Crippen molar-refractivity contribution in [2.24, 2.45) is 5.92 Å². The number of nitrogens with zero attached hydrogens (tertiary/aromatic N) is 1. The SMILES string of the molecule is C=CC(C)N1CCCC(CCO)C1. The fourth-order valence-electron chi connectivity index (χ4n) is 2.03. The molecule has 13 heavy (non-hydrogen) atoms. The Morgan fingerprint density at radius 2 is 2.46 bits per heavy atom. The third-order valence-electron chi connectivity index (χ3n) is 3.00. The van der Waals surface area contributed by atoms with Gasteiger partial charge in [-0.05, 0) is 38.6 Å². The van der Waals surface area contributed by atoms with Gasteiger partial charge in [0.2, 0.25) is 0 Å². The van der Waals surface area contributed by atoms with Crippen molar-refractivity contribution in [3.05, 3.63) is 12.7 Å². The molecule has 0 bridgehead atoms. The summed E-state index contributed by atoms with van der Waals surface area (Å²) in [5.74, 6) is 0.696. The molecule has 2 heteroatoms. The Hall–Kier alpha value is -0.340. The Bertz CT molecular complexity index is 156. The summed E-state index contributed by atoms with van der Waals surface area (Å²) >= 11 is 0. The van der Waals surface area contributed by atoms with E-state index < -0.39 is 0 Å². The third-order valence-corrected chi connectivity index (χ3v) is 3.00. The number of rotatable bonds is 4. The maximum absolute atomic E-state index is 8.86. The van der Waals surface area contributed by atoms with E-state index in [9.17, 15) is 0 Å². The lowest BCUT2D eigenvalue weighted by atomic mass is 9.94. The van der Waals surface area contributed by atoms with E-state index in [-0.39, 0.29) is 0 Å². The molecule has 0 aromatic rings. The van der Waals surface area contributed by atoms with Crippen LogP contribution in [-0.4, -0.2) is 35.7 Å². The van der Waals surface area contributed by atoms with Gasteiger partial charge >= 0.3 is 0 Å². The van der Waals surface area contributed by atoms with Gasteiger partial charge in [0.1, 0.15) is 0 Å². The Kier molecular flexibility index (Phi) is 4.46. The van der Waals surface area contributed by atoms with Gasteiger partial charge in [-0.15, -0.1) is 6.58 Å². The molecule has 1 fully saturated rings. The normalized spacial score (nSPS) is 27.1. The number of hydrogen-bond acceptors (Lipinski definition) is 2. The lowest BCUT2D eigenvalue weighted by Crippen LogP contribution is -2.40. The van der Waals surface area contributed by atoms with E-state index in [1.807, 2.05) is 6.08 Å². The zero-order chi connectivity index (χ0) is 9.68. The molecule has 0 amide bonds. The van der Waals surface area contributed by atoms with Crippen LogP contribution in [-0.2, 0) is 0 Å². The second-order valence-corrected chi connectivity index (χ2v) is 3.99. The van der Waals surface area contributed by atoms with Crippen molar-refractivity contribution in [1.29, 1.82) is 0 Å². The van der Waals surface area contributed by atoms with E-state index in [1.165, 1.54) is 19.4 Å². The van der Waals surface area contributed by atoms with Crippen LogP contribution in [0, 0.1) is 5.92 Å². The highest BCUT2D eigenvalue weighted by atomic mass is 16.3. The summed E-state index contributed by atoms with van der Waals surface area (Å²) in [5, 5.41) is 8.86. The van der Waals surface area contributed by atoms with Crippen LogP contribution in [0.25, 0.3) is 0 Å². The first-order chi connectivity index (χ1) is 6.27. The second kappa shape index (κ2) is 5.40. The van der Waals surface area contributed by atoms with Crippen LogP contribution < -0.4 is 0 Å². The van der Waals surface area contributed by atoms with Gasteiger partial charge in [0.05, 0.1) is 0 Å². The van der Waals surface area contributed by atoms with Gasteiger partial charge in [0, 0.05) is 19.2 Å². The predicted molar refractivity (Wildman–Crippen MR) is 55.7 cm³/mol. The molecule has 1 heterocycles. The zero-order valence-corrected chi connectivity index (χ0v) is 8.58. The van der Waals surface area contributed by atoms with Crippen molar-refractivity contribution in [2.75, 3.05) is 19.7 Å². The Morgan fingerprint density at radius 1 is 1.69 bits per heavy atom. The van der Waals surface area contributed by atoms with Crippen LogP contribution in [0.1, 0.15) is 26.2 Å². The van der Waals surface area contributed by atoms with Crippen molar-refractivity contribution in [3.8, 4) is 0 Å². The molecule has 2 unspecified atom stereocenters. The number of hydrogen-bond donors (Lipinski definition) is 1. The van der Waals surface area contributed by atoms with Gasteiger partial charge in [-0.1, -0.05) is 6.08 Å². The molecule has 0 radical (unpaired) electrons. The molecule has 1 aliphatic heterocycles. The summed E-state index contributed by atoms with van der Waals surface area (Å²) < 4.78 is 0. The molecular weight excluding hydrogens is 162 g/mol. The standard InChI is InChI=1S/C11H21NO/c1-3-10(2)12-7-4-5-11(9-12)6-8-13/h3,10-11,13H,1,4-9H2,2H3. The van der Waals surface area contributed by atoms with Gasteiger partial charge in [-0.3, -0.25) is 4.90 Å². The summed E-state index contributed by atoms with van der Waals surface area (Å²) in [6.07, 6.45) is 5.51. The monoisotopic (exact) mass is 183 g/mol. The van der Waals surface area contributed by atoms with E-state index in [0.29, 0.717) is 18.6 Å². The maximum Gasteiger partial charge on any atom is 0.0434 e. The maximum atomic E-state index is 8.86. The molecule has 1 saturated heterocycles. The Labute approximate surface area is 81.2 Å². The second-order valence-electron chi connectivity index (χ2n) is 3.99. The van der Waals surface area contributed by atoms with Crippen molar-refractivity contribution in [2.45, 2.75) is 32.2 Å². The molecule has 0 aliphatic carbocycles. The minimum absolute atomic E-state index is 0.334. The fourth-order valence-corrected chi connectivity index (χ4v) is 2.03. The highest BCUT2D eigenvalue weighted by Gasteiger charge is 2.21. The van der Waals surface area contributed by atoms with Crippen molar-refractivity contribution in [1.82, 2.24) is 4.90 Å². The first-order valence-electron chi connectivity index (χ1n) is 5.25. The van der Waals surface area contributed by atoms with E-state index >= 15 is 0 Å². The fraction of sp³-hybridized carbons (Fsp3) is 0.818. The molecule has 1 N–H and O–H groups in total. The summed E-state index contributed by atoms with van der Waals surface area (Å²) in [6, 6.07) is 0.487. The predicted octanol–water partition coefficient (Wildman–Crippen LogP) is 1.66. The molecule has 1 rings (SSSR count). The molecule has 0 saturated carbocycles. The minimum atomic E-state index is 0.334. The van der Waals surface area contributed by atoms with E-state index in [1.54, 1.807) is 0 Å². The molecule has 0 aromatic heterocycles. The van der Waals surface area contributed by atoms with Crippen LogP contribution in [0.5, 0.6) is 0 Å². The zero-order valence-electron chi connectivity index (χ0n) is 8.58.